The molecule has 5 heteroatoms. The summed E-state index contributed by atoms with van der Waals surface area (Å²) in [5, 5.41) is 0.501. The van der Waals surface area contributed by atoms with E-state index in [4.69, 9.17) is 16.6 Å². The third-order valence-corrected chi connectivity index (χ3v) is 5.71. The average molecular weight is 380 g/mol. The van der Waals surface area contributed by atoms with Gasteiger partial charge >= 0.3 is 0 Å². The number of hydrogen-bond donors (Lipinski definition) is 0. The Balaban J connectivity index is 2.18. The zero-order valence-electron chi connectivity index (χ0n) is 11.5. The first-order valence-corrected chi connectivity index (χ1v) is 8.41. The molecule has 2 heterocycles. The van der Waals surface area contributed by atoms with Gasteiger partial charge in [0.1, 0.15) is 5.15 Å². The Labute approximate surface area is 141 Å². The van der Waals surface area contributed by atoms with Crippen molar-refractivity contribution in [3.8, 4) is 22.0 Å². The summed E-state index contributed by atoms with van der Waals surface area (Å²) in [6, 6.07) is 12.1. The lowest BCUT2D eigenvalue weighted by Crippen LogP contribution is -1.96. The van der Waals surface area contributed by atoms with Gasteiger partial charge in [0, 0.05) is 20.5 Å². The number of aryl methyl sites for hydroxylation is 1. The van der Waals surface area contributed by atoms with Crippen LogP contribution in [0.4, 0.5) is 0 Å². The fourth-order valence-corrected chi connectivity index (χ4v) is 3.69. The first-order valence-electron chi connectivity index (χ1n) is 6.42. The molecular formula is C16H12BrClN2S. The highest BCUT2D eigenvalue weighted by molar-refractivity contribution is 9.10. The van der Waals surface area contributed by atoms with Gasteiger partial charge in [-0.25, -0.2) is 9.97 Å². The SMILES string of the molecule is Cc1sc(-c2nc(Cl)c(C)c(-c3ccccc3)n2)cc1Br. The second-order valence-electron chi connectivity index (χ2n) is 4.69. The van der Waals surface area contributed by atoms with Crippen molar-refractivity contribution in [1.29, 1.82) is 0 Å². The summed E-state index contributed by atoms with van der Waals surface area (Å²) in [4.78, 5) is 11.4. The zero-order chi connectivity index (χ0) is 15.0. The molecule has 0 fully saturated rings. The van der Waals surface area contributed by atoms with Crippen molar-refractivity contribution in [2.45, 2.75) is 13.8 Å². The summed E-state index contributed by atoms with van der Waals surface area (Å²) in [6.07, 6.45) is 0. The molecule has 21 heavy (non-hydrogen) atoms. The Morgan fingerprint density at radius 2 is 1.81 bits per heavy atom. The van der Waals surface area contributed by atoms with Crippen LogP contribution in [0.5, 0.6) is 0 Å². The van der Waals surface area contributed by atoms with Crippen LogP contribution in [0, 0.1) is 13.8 Å². The summed E-state index contributed by atoms with van der Waals surface area (Å²) in [5.41, 5.74) is 2.83. The Hall–Kier alpha value is -1.23. The predicted molar refractivity (Wildman–Crippen MR) is 93.0 cm³/mol. The van der Waals surface area contributed by atoms with Crippen molar-refractivity contribution >= 4 is 38.9 Å². The van der Waals surface area contributed by atoms with Gasteiger partial charge in [0.2, 0.25) is 0 Å². The molecule has 0 aliphatic heterocycles. The minimum Gasteiger partial charge on any atom is -0.227 e. The average Bonchev–Trinajstić information content (AvgIpc) is 2.82. The number of nitrogens with zero attached hydrogens (tertiary/aromatic N) is 2. The molecule has 0 radical (unpaired) electrons. The number of benzene rings is 1. The van der Waals surface area contributed by atoms with Gasteiger partial charge in [0.15, 0.2) is 5.82 Å². The lowest BCUT2D eigenvalue weighted by molar-refractivity contribution is 1.15. The molecule has 106 valence electrons. The largest absolute Gasteiger partial charge is 0.227 e. The lowest BCUT2D eigenvalue weighted by atomic mass is 10.1. The van der Waals surface area contributed by atoms with Gasteiger partial charge in [-0.2, -0.15) is 0 Å². The van der Waals surface area contributed by atoms with Crippen molar-refractivity contribution in [1.82, 2.24) is 9.97 Å². The maximum Gasteiger partial charge on any atom is 0.171 e. The van der Waals surface area contributed by atoms with Gasteiger partial charge < -0.3 is 0 Å². The Bertz CT molecular complexity index is 780. The molecule has 0 atom stereocenters. The van der Waals surface area contributed by atoms with E-state index in [9.17, 15) is 0 Å². The highest BCUT2D eigenvalue weighted by Crippen LogP contribution is 2.35. The normalized spacial score (nSPS) is 10.9. The summed E-state index contributed by atoms with van der Waals surface area (Å²) in [7, 11) is 0. The third kappa shape index (κ3) is 2.89. The quantitative estimate of drug-likeness (QED) is 0.518. The molecule has 3 rings (SSSR count). The molecule has 0 unspecified atom stereocenters. The smallest absolute Gasteiger partial charge is 0.171 e. The summed E-state index contributed by atoms with van der Waals surface area (Å²) in [5.74, 6) is 0.670. The Morgan fingerprint density at radius 1 is 1.10 bits per heavy atom. The van der Waals surface area contributed by atoms with Crippen LogP contribution in [0.2, 0.25) is 5.15 Å². The standard InChI is InChI=1S/C16H12BrClN2S/c1-9-14(11-6-4-3-5-7-11)19-16(20-15(9)18)13-8-12(17)10(2)21-13/h3-8H,1-2H3. The molecule has 1 aromatic carbocycles. The second-order valence-corrected chi connectivity index (χ2v) is 7.16. The highest BCUT2D eigenvalue weighted by atomic mass is 79.9. The molecule has 0 spiro atoms. The molecular weight excluding hydrogens is 368 g/mol. The fourth-order valence-electron chi connectivity index (χ4n) is 2.05. The first-order chi connectivity index (χ1) is 10.1. The van der Waals surface area contributed by atoms with Gasteiger partial charge in [0.05, 0.1) is 10.6 Å². The molecule has 0 amide bonds. The van der Waals surface area contributed by atoms with Crippen molar-refractivity contribution in [3.05, 3.63) is 56.5 Å². The molecule has 2 nitrogen and oxygen atoms in total. The van der Waals surface area contributed by atoms with Gasteiger partial charge in [-0.15, -0.1) is 11.3 Å². The molecule has 0 aliphatic carbocycles. The van der Waals surface area contributed by atoms with Crippen LogP contribution < -0.4 is 0 Å². The number of hydrogen-bond acceptors (Lipinski definition) is 3. The van der Waals surface area contributed by atoms with Crippen LogP contribution in [0.25, 0.3) is 22.0 Å². The van der Waals surface area contributed by atoms with Crippen LogP contribution >= 0.6 is 38.9 Å². The number of halogens is 2. The maximum atomic E-state index is 6.31. The van der Waals surface area contributed by atoms with Crippen molar-refractivity contribution in [2.75, 3.05) is 0 Å². The molecule has 0 N–H and O–H groups in total. The minimum atomic E-state index is 0.501. The maximum absolute atomic E-state index is 6.31. The molecule has 3 aromatic rings. The van der Waals surface area contributed by atoms with E-state index in [1.54, 1.807) is 11.3 Å². The van der Waals surface area contributed by atoms with Gasteiger partial charge in [-0.1, -0.05) is 41.9 Å². The van der Waals surface area contributed by atoms with Gasteiger partial charge in [-0.3, -0.25) is 0 Å². The van der Waals surface area contributed by atoms with E-state index in [2.05, 4.69) is 27.8 Å². The third-order valence-electron chi connectivity index (χ3n) is 3.21. The number of rotatable bonds is 2. The van der Waals surface area contributed by atoms with E-state index in [0.717, 1.165) is 26.2 Å². The second kappa shape index (κ2) is 5.87. The van der Waals surface area contributed by atoms with Crippen LogP contribution in [0.3, 0.4) is 0 Å². The van der Waals surface area contributed by atoms with Gasteiger partial charge in [0.25, 0.3) is 0 Å². The van der Waals surface area contributed by atoms with Crippen LogP contribution in [0.15, 0.2) is 40.9 Å². The van der Waals surface area contributed by atoms with Gasteiger partial charge in [-0.05, 0) is 35.8 Å². The molecule has 0 saturated heterocycles. The summed E-state index contributed by atoms with van der Waals surface area (Å²) >= 11 is 11.5. The topological polar surface area (TPSA) is 25.8 Å². The van der Waals surface area contributed by atoms with Crippen LogP contribution in [0.1, 0.15) is 10.4 Å². The highest BCUT2D eigenvalue weighted by Gasteiger charge is 2.14. The minimum absolute atomic E-state index is 0.501. The van der Waals surface area contributed by atoms with Crippen LogP contribution in [-0.2, 0) is 0 Å². The molecule has 0 bridgehead atoms. The summed E-state index contributed by atoms with van der Waals surface area (Å²) in [6.45, 7) is 4.01. The monoisotopic (exact) mass is 378 g/mol. The Kier molecular flexibility index (Phi) is 4.11. The van der Waals surface area contributed by atoms with E-state index < -0.39 is 0 Å². The van der Waals surface area contributed by atoms with E-state index >= 15 is 0 Å². The molecule has 2 aromatic heterocycles. The Morgan fingerprint density at radius 3 is 2.43 bits per heavy atom. The lowest BCUT2D eigenvalue weighted by Gasteiger charge is -2.08. The predicted octanol–water partition coefficient (Wildman–Crippen LogP) is 5.90. The summed E-state index contributed by atoms with van der Waals surface area (Å²) < 4.78 is 1.07. The van der Waals surface area contributed by atoms with E-state index in [1.807, 2.05) is 43.3 Å². The fraction of sp³-hybridized carbons (Fsp3) is 0.125. The van der Waals surface area contributed by atoms with Crippen LogP contribution in [-0.4, -0.2) is 9.97 Å². The van der Waals surface area contributed by atoms with E-state index in [1.165, 1.54) is 4.88 Å². The zero-order valence-corrected chi connectivity index (χ0v) is 14.7. The number of aromatic nitrogens is 2. The van der Waals surface area contributed by atoms with Crippen molar-refractivity contribution in [3.63, 3.8) is 0 Å². The van der Waals surface area contributed by atoms with Crippen molar-refractivity contribution < 1.29 is 0 Å². The van der Waals surface area contributed by atoms with Crippen molar-refractivity contribution in [2.24, 2.45) is 0 Å². The van der Waals surface area contributed by atoms with E-state index in [-0.39, 0.29) is 0 Å². The molecule has 0 saturated carbocycles. The molecule has 0 aliphatic rings. The first kappa shape index (κ1) is 14.7. The van der Waals surface area contributed by atoms with E-state index in [0.29, 0.717) is 11.0 Å². The number of thiophene rings is 1.